The van der Waals surface area contributed by atoms with Crippen LogP contribution in [0.5, 0.6) is 23.0 Å². The van der Waals surface area contributed by atoms with Crippen molar-refractivity contribution in [1.29, 1.82) is 0 Å². The van der Waals surface area contributed by atoms with Crippen LogP contribution < -0.4 is 18.9 Å². The van der Waals surface area contributed by atoms with Gasteiger partial charge in [0.1, 0.15) is 0 Å². The van der Waals surface area contributed by atoms with Crippen molar-refractivity contribution >= 4 is 16.9 Å². The lowest BCUT2D eigenvalue weighted by Crippen LogP contribution is -2.47. The predicted molar refractivity (Wildman–Crippen MR) is 156 cm³/mol. The molecule has 218 valence electrons. The second-order valence-electron chi connectivity index (χ2n) is 10.2. The second kappa shape index (κ2) is 11.5. The number of benzene rings is 3. The quantitative estimate of drug-likeness (QED) is 0.304. The van der Waals surface area contributed by atoms with Crippen molar-refractivity contribution < 1.29 is 33.2 Å². The Hall–Kier alpha value is -4.41. The third kappa shape index (κ3) is 5.08. The van der Waals surface area contributed by atoms with Crippen LogP contribution in [0.15, 0.2) is 54.6 Å². The fraction of sp³-hybridized carbons (Fsp3) is 0.344. The van der Waals surface area contributed by atoms with Gasteiger partial charge in [-0.15, -0.1) is 0 Å². The van der Waals surface area contributed by atoms with Crippen molar-refractivity contribution in [3.8, 4) is 45.5 Å². The SMILES string of the molecule is COc1ccc(-c2nc3ccc(C(=O)N4CCC5(CC4)OCCO5)cc3nc2-c2ccc(OC)c(OC)c2)cc1OC. The highest BCUT2D eigenvalue weighted by atomic mass is 16.7. The maximum Gasteiger partial charge on any atom is 0.253 e. The summed E-state index contributed by atoms with van der Waals surface area (Å²) < 4.78 is 33.7. The lowest BCUT2D eigenvalue weighted by molar-refractivity contribution is -0.181. The molecular formula is C32H33N3O7. The molecule has 0 aliphatic carbocycles. The molecule has 2 saturated heterocycles. The molecule has 1 amide bonds. The van der Waals surface area contributed by atoms with E-state index in [1.807, 2.05) is 47.4 Å². The van der Waals surface area contributed by atoms with Crippen LogP contribution in [0.25, 0.3) is 33.5 Å². The highest BCUT2D eigenvalue weighted by Gasteiger charge is 2.40. The summed E-state index contributed by atoms with van der Waals surface area (Å²) in [5.41, 5.74) is 4.66. The minimum atomic E-state index is -0.541. The zero-order valence-electron chi connectivity index (χ0n) is 24.1. The number of hydrogen-bond donors (Lipinski definition) is 0. The molecule has 0 radical (unpaired) electrons. The highest BCUT2D eigenvalue weighted by molar-refractivity contribution is 5.98. The van der Waals surface area contributed by atoms with E-state index in [1.54, 1.807) is 40.6 Å². The number of methoxy groups -OCH3 is 4. The topological polar surface area (TPSA) is 101 Å². The first-order chi connectivity index (χ1) is 20.5. The van der Waals surface area contributed by atoms with Crippen molar-refractivity contribution in [2.24, 2.45) is 0 Å². The summed E-state index contributed by atoms with van der Waals surface area (Å²) in [7, 11) is 6.38. The smallest absolute Gasteiger partial charge is 0.253 e. The number of carbonyl (C=O) groups is 1. The second-order valence-corrected chi connectivity index (χ2v) is 10.2. The first kappa shape index (κ1) is 27.7. The normalized spacial score (nSPS) is 16.0. The summed E-state index contributed by atoms with van der Waals surface area (Å²) in [6.45, 7) is 2.34. The van der Waals surface area contributed by atoms with Gasteiger partial charge in [-0.05, 0) is 54.6 Å². The minimum Gasteiger partial charge on any atom is -0.493 e. The van der Waals surface area contributed by atoms with E-state index in [9.17, 15) is 4.79 Å². The molecule has 2 aliphatic rings. The van der Waals surface area contributed by atoms with Crippen LogP contribution in [0, 0.1) is 0 Å². The van der Waals surface area contributed by atoms with Gasteiger partial charge in [-0.3, -0.25) is 4.79 Å². The van der Waals surface area contributed by atoms with Gasteiger partial charge >= 0.3 is 0 Å². The molecule has 0 unspecified atom stereocenters. The van der Waals surface area contributed by atoms with Crippen LogP contribution in [0.4, 0.5) is 0 Å². The number of carbonyl (C=O) groups excluding carboxylic acids is 1. The van der Waals surface area contributed by atoms with Gasteiger partial charge in [0.2, 0.25) is 0 Å². The van der Waals surface area contributed by atoms with E-state index in [2.05, 4.69) is 0 Å². The third-order valence-corrected chi connectivity index (χ3v) is 7.85. The van der Waals surface area contributed by atoms with Gasteiger partial charge in [0.15, 0.2) is 28.8 Å². The molecule has 6 rings (SSSR count). The van der Waals surface area contributed by atoms with Crippen molar-refractivity contribution in [3.63, 3.8) is 0 Å². The molecule has 0 saturated carbocycles. The van der Waals surface area contributed by atoms with E-state index in [4.69, 9.17) is 38.4 Å². The van der Waals surface area contributed by atoms with Crippen LogP contribution in [0.2, 0.25) is 0 Å². The van der Waals surface area contributed by atoms with E-state index in [-0.39, 0.29) is 5.91 Å². The first-order valence-corrected chi connectivity index (χ1v) is 13.8. The largest absolute Gasteiger partial charge is 0.493 e. The number of nitrogens with zero attached hydrogens (tertiary/aromatic N) is 3. The van der Waals surface area contributed by atoms with Crippen molar-refractivity contribution in [3.05, 3.63) is 60.2 Å². The number of piperidine rings is 1. The molecule has 10 nitrogen and oxygen atoms in total. The van der Waals surface area contributed by atoms with Crippen molar-refractivity contribution in [1.82, 2.24) is 14.9 Å². The molecule has 3 aromatic carbocycles. The zero-order chi connectivity index (χ0) is 29.3. The first-order valence-electron chi connectivity index (χ1n) is 13.8. The fourth-order valence-electron chi connectivity index (χ4n) is 5.58. The Balaban J connectivity index is 1.42. The van der Waals surface area contributed by atoms with Crippen molar-refractivity contribution in [2.45, 2.75) is 18.6 Å². The predicted octanol–water partition coefficient (Wildman–Crippen LogP) is 4.98. The molecule has 10 heteroatoms. The molecule has 3 heterocycles. The summed E-state index contributed by atoms with van der Waals surface area (Å²) in [6.07, 6.45) is 1.31. The fourth-order valence-corrected chi connectivity index (χ4v) is 5.58. The van der Waals surface area contributed by atoms with E-state index < -0.39 is 5.79 Å². The summed E-state index contributed by atoms with van der Waals surface area (Å²) in [5, 5.41) is 0. The maximum absolute atomic E-state index is 13.5. The van der Waals surface area contributed by atoms with Crippen LogP contribution in [-0.2, 0) is 9.47 Å². The average molecular weight is 572 g/mol. The summed E-state index contributed by atoms with van der Waals surface area (Å²) in [5.74, 6) is 1.77. The van der Waals surface area contributed by atoms with Crippen LogP contribution in [-0.4, -0.2) is 81.3 Å². The molecule has 4 aromatic rings. The molecular weight excluding hydrogens is 538 g/mol. The van der Waals surface area contributed by atoms with Gasteiger partial charge in [0, 0.05) is 42.6 Å². The highest BCUT2D eigenvalue weighted by Crippen LogP contribution is 2.39. The Morgan fingerprint density at radius 2 is 1.21 bits per heavy atom. The molecule has 2 aliphatic heterocycles. The van der Waals surface area contributed by atoms with E-state index in [0.717, 1.165) is 11.1 Å². The number of fused-ring (bicyclic) bond motifs is 1. The molecule has 42 heavy (non-hydrogen) atoms. The molecule has 0 bridgehead atoms. The molecule has 0 N–H and O–H groups in total. The summed E-state index contributed by atoms with van der Waals surface area (Å²) in [6, 6.07) is 16.7. The summed E-state index contributed by atoms with van der Waals surface area (Å²) in [4.78, 5) is 25.4. The standard InChI is InChI=1S/C32H33N3O7/c1-37-25-9-6-20(18-27(25)39-3)29-30(21-7-10-26(38-2)28(19-21)40-4)34-24-17-22(5-8-23(24)33-29)31(36)35-13-11-32(12-14-35)41-15-16-42-32/h5-10,17-19H,11-16H2,1-4H3. The number of amides is 1. The number of aromatic nitrogens is 2. The zero-order valence-corrected chi connectivity index (χ0v) is 24.1. The molecule has 1 spiro atoms. The van der Waals surface area contributed by atoms with E-state index >= 15 is 0 Å². The molecule has 0 atom stereocenters. The van der Waals surface area contributed by atoms with E-state index in [0.29, 0.717) is 90.1 Å². The lowest BCUT2D eigenvalue weighted by Gasteiger charge is -2.37. The third-order valence-electron chi connectivity index (χ3n) is 7.85. The Morgan fingerprint density at radius 1 is 0.690 bits per heavy atom. The Bertz CT molecular complexity index is 1620. The minimum absolute atomic E-state index is 0.0526. The van der Waals surface area contributed by atoms with Crippen LogP contribution in [0.1, 0.15) is 23.2 Å². The molecule has 1 aromatic heterocycles. The van der Waals surface area contributed by atoms with Crippen molar-refractivity contribution in [2.75, 3.05) is 54.7 Å². The van der Waals surface area contributed by atoms with Gasteiger partial charge in [-0.2, -0.15) is 0 Å². The van der Waals surface area contributed by atoms with Gasteiger partial charge in [-0.25, -0.2) is 9.97 Å². The number of rotatable bonds is 7. The van der Waals surface area contributed by atoms with Gasteiger partial charge < -0.3 is 33.3 Å². The Kier molecular flexibility index (Phi) is 7.57. The van der Waals surface area contributed by atoms with Crippen LogP contribution in [0.3, 0.4) is 0 Å². The number of ether oxygens (including phenoxy) is 6. The Morgan fingerprint density at radius 3 is 1.74 bits per heavy atom. The lowest BCUT2D eigenvalue weighted by atomic mass is 10.0. The average Bonchev–Trinajstić information content (AvgIpc) is 3.50. The number of likely N-dealkylation sites (tertiary alicyclic amines) is 1. The molecule has 2 fully saturated rings. The van der Waals surface area contributed by atoms with Gasteiger partial charge in [0.05, 0.1) is 64.1 Å². The van der Waals surface area contributed by atoms with Gasteiger partial charge in [-0.1, -0.05) is 0 Å². The monoisotopic (exact) mass is 571 g/mol. The Labute approximate surface area is 244 Å². The summed E-state index contributed by atoms with van der Waals surface area (Å²) >= 11 is 0. The maximum atomic E-state index is 13.5. The van der Waals surface area contributed by atoms with Gasteiger partial charge in [0.25, 0.3) is 5.91 Å². The van der Waals surface area contributed by atoms with Crippen LogP contribution >= 0.6 is 0 Å². The van der Waals surface area contributed by atoms with E-state index in [1.165, 1.54) is 0 Å². The number of hydrogen-bond acceptors (Lipinski definition) is 9.